The summed E-state index contributed by atoms with van der Waals surface area (Å²) >= 11 is 5.74. The van der Waals surface area contributed by atoms with Crippen molar-refractivity contribution in [2.75, 3.05) is 23.8 Å². The molecule has 0 spiro atoms. The van der Waals surface area contributed by atoms with Crippen LogP contribution in [0.5, 0.6) is 0 Å². The van der Waals surface area contributed by atoms with Gasteiger partial charge in [-0.05, 0) is 31.5 Å². The number of anilines is 1. The van der Waals surface area contributed by atoms with E-state index < -0.39 is 33.9 Å². The van der Waals surface area contributed by atoms with Crippen LogP contribution in [0, 0.1) is 0 Å². The number of amides is 1. The number of benzene rings is 1. The summed E-state index contributed by atoms with van der Waals surface area (Å²) in [6.45, 7) is 1.13. The van der Waals surface area contributed by atoms with Crippen LogP contribution in [0.15, 0.2) is 18.2 Å². The lowest BCUT2D eigenvalue weighted by molar-refractivity contribution is -0.125. The first kappa shape index (κ1) is 17.6. The summed E-state index contributed by atoms with van der Waals surface area (Å²) in [7, 11) is -3.14. The summed E-state index contributed by atoms with van der Waals surface area (Å²) in [6.07, 6.45) is 0.332. The molecule has 9 heteroatoms. The molecule has 3 N–H and O–H groups in total. The van der Waals surface area contributed by atoms with Crippen molar-refractivity contribution in [2.24, 2.45) is 0 Å². The van der Waals surface area contributed by atoms with Crippen LogP contribution in [-0.4, -0.2) is 43.9 Å². The van der Waals surface area contributed by atoms with Crippen LogP contribution in [0.25, 0.3) is 0 Å². The highest BCUT2D eigenvalue weighted by atomic mass is 35.5. The van der Waals surface area contributed by atoms with Crippen molar-refractivity contribution < 1.29 is 22.7 Å². The Kier molecular flexibility index (Phi) is 4.86. The lowest BCUT2D eigenvalue weighted by atomic mass is 10.0. The van der Waals surface area contributed by atoms with Gasteiger partial charge in [-0.15, -0.1) is 0 Å². The number of sulfone groups is 1. The highest BCUT2D eigenvalue weighted by Gasteiger charge is 2.39. The normalized spacial score (nSPS) is 22.5. The van der Waals surface area contributed by atoms with E-state index >= 15 is 0 Å². The van der Waals surface area contributed by atoms with Crippen molar-refractivity contribution >= 4 is 39.0 Å². The summed E-state index contributed by atoms with van der Waals surface area (Å²) in [5.74, 6) is -1.40. The second-order valence-electron chi connectivity index (χ2n) is 5.76. The van der Waals surface area contributed by atoms with Crippen LogP contribution >= 0.6 is 11.6 Å². The van der Waals surface area contributed by atoms with Crippen molar-refractivity contribution in [3.63, 3.8) is 0 Å². The number of nitrogens with two attached hydrogens (primary N) is 1. The van der Waals surface area contributed by atoms with E-state index in [9.17, 15) is 18.0 Å². The minimum absolute atomic E-state index is 0.0326. The molecule has 0 saturated carbocycles. The van der Waals surface area contributed by atoms with Crippen molar-refractivity contribution in [3.05, 3.63) is 28.8 Å². The van der Waals surface area contributed by atoms with Gasteiger partial charge in [0.25, 0.3) is 5.91 Å². The highest BCUT2D eigenvalue weighted by molar-refractivity contribution is 7.91. The molecule has 1 aromatic carbocycles. The Labute approximate surface area is 139 Å². The zero-order chi connectivity index (χ0) is 17.3. The Morgan fingerprint density at radius 3 is 2.70 bits per heavy atom. The first-order chi connectivity index (χ1) is 10.6. The second kappa shape index (κ2) is 6.37. The Morgan fingerprint density at radius 1 is 1.43 bits per heavy atom. The number of nitrogen functional groups attached to an aromatic ring is 1. The van der Waals surface area contributed by atoms with Gasteiger partial charge in [0.15, 0.2) is 16.4 Å². The molecule has 1 amide bonds. The number of carbonyl (C=O) groups excluding carboxylic acids is 2. The summed E-state index contributed by atoms with van der Waals surface area (Å²) in [6, 6.07) is 4.30. The standard InChI is InChI=1S/C14H17ClN2O5S/c1-14(4-5-23(20,21)8-14)17-12(18)7-22-13(19)10-3-2-9(15)6-11(10)16/h2-3,6H,4-5,7-8,16H2,1H3,(H,17,18)/t14-/m0/s1. The molecule has 2 rings (SSSR count). The Bertz CT molecular complexity index is 750. The highest BCUT2D eigenvalue weighted by Crippen LogP contribution is 2.23. The van der Waals surface area contributed by atoms with Gasteiger partial charge in [0, 0.05) is 10.7 Å². The molecule has 1 aliphatic heterocycles. The van der Waals surface area contributed by atoms with Gasteiger partial charge in [-0.3, -0.25) is 4.79 Å². The lowest BCUT2D eigenvalue weighted by Crippen LogP contribution is -2.48. The van der Waals surface area contributed by atoms with Crippen molar-refractivity contribution in [3.8, 4) is 0 Å². The molecule has 1 heterocycles. The third kappa shape index (κ3) is 4.59. The number of halogens is 1. The molecule has 1 aromatic rings. The second-order valence-corrected chi connectivity index (χ2v) is 8.38. The van der Waals surface area contributed by atoms with Gasteiger partial charge in [0.2, 0.25) is 0 Å². The maximum absolute atomic E-state index is 11.9. The van der Waals surface area contributed by atoms with Gasteiger partial charge in [-0.2, -0.15) is 0 Å². The van der Waals surface area contributed by atoms with Crippen molar-refractivity contribution in [1.82, 2.24) is 5.32 Å². The number of ether oxygens (including phenoxy) is 1. The Morgan fingerprint density at radius 2 is 2.13 bits per heavy atom. The van der Waals surface area contributed by atoms with Crippen LogP contribution in [-0.2, 0) is 19.4 Å². The summed E-state index contributed by atoms with van der Waals surface area (Å²) in [5, 5.41) is 2.98. The molecule has 0 bridgehead atoms. The third-order valence-corrected chi connectivity index (χ3v) is 5.65. The quantitative estimate of drug-likeness (QED) is 0.605. The van der Waals surface area contributed by atoms with E-state index in [1.807, 2.05) is 0 Å². The molecule has 0 aliphatic carbocycles. The molecular formula is C14H17ClN2O5S. The SMILES string of the molecule is C[C@]1(NC(=O)COC(=O)c2ccc(Cl)cc2N)CCS(=O)(=O)C1. The number of nitrogens with one attached hydrogen (secondary N) is 1. The molecule has 0 radical (unpaired) electrons. The molecule has 0 aromatic heterocycles. The number of rotatable bonds is 4. The summed E-state index contributed by atoms with van der Waals surface area (Å²) < 4.78 is 27.9. The maximum atomic E-state index is 11.9. The van der Waals surface area contributed by atoms with E-state index in [1.54, 1.807) is 6.92 Å². The van der Waals surface area contributed by atoms with Gasteiger partial charge >= 0.3 is 5.97 Å². The number of hydrogen-bond acceptors (Lipinski definition) is 6. The molecule has 126 valence electrons. The van der Waals surface area contributed by atoms with Gasteiger partial charge in [0.1, 0.15) is 0 Å². The van der Waals surface area contributed by atoms with Gasteiger partial charge in [-0.1, -0.05) is 11.6 Å². The van der Waals surface area contributed by atoms with E-state index in [4.69, 9.17) is 22.1 Å². The fourth-order valence-electron chi connectivity index (χ4n) is 2.41. The van der Waals surface area contributed by atoms with E-state index in [1.165, 1.54) is 18.2 Å². The van der Waals surface area contributed by atoms with E-state index in [0.29, 0.717) is 11.4 Å². The average molecular weight is 361 g/mol. The van der Waals surface area contributed by atoms with Crippen LogP contribution in [0.3, 0.4) is 0 Å². The molecular weight excluding hydrogens is 344 g/mol. The van der Waals surface area contributed by atoms with E-state index in [-0.39, 0.29) is 22.8 Å². The summed E-state index contributed by atoms with van der Waals surface area (Å²) in [5.41, 5.74) is 5.09. The predicted molar refractivity (Wildman–Crippen MR) is 86.0 cm³/mol. The Balaban J connectivity index is 1.90. The lowest BCUT2D eigenvalue weighted by Gasteiger charge is -2.23. The molecule has 1 saturated heterocycles. The molecule has 1 fully saturated rings. The van der Waals surface area contributed by atoms with Crippen LogP contribution in [0.1, 0.15) is 23.7 Å². The minimum atomic E-state index is -3.14. The van der Waals surface area contributed by atoms with E-state index in [2.05, 4.69) is 5.32 Å². The van der Waals surface area contributed by atoms with Crippen LogP contribution in [0.4, 0.5) is 5.69 Å². The number of hydrogen-bond donors (Lipinski definition) is 2. The monoisotopic (exact) mass is 360 g/mol. The van der Waals surface area contributed by atoms with E-state index in [0.717, 1.165) is 0 Å². The zero-order valence-electron chi connectivity index (χ0n) is 12.5. The van der Waals surface area contributed by atoms with Crippen molar-refractivity contribution in [1.29, 1.82) is 0 Å². The average Bonchev–Trinajstić information content (AvgIpc) is 2.69. The fraction of sp³-hybridized carbons (Fsp3) is 0.429. The molecule has 1 aliphatic rings. The largest absolute Gasteiger partial charge is 0.452 e. The first-order valence-corrected chi connectivity index (χ1v) is 9.04. The first-order valence-electron chi connectivity index (χ1n) is 6.84. The molecule has 23 heavy (non-hydrogen) atoms. The molecule has 1 atom stereocenters. The topological polar surface area (TPSA) is 116 Å². The minimum Gasteiger partial charge on any atom is -0.452 e. The molecule has 0 unspecified atom stereocenters. The zero-order valence-corrected chi connectivity index (χ0v) is 14.0. The summed E-state index contributed by atoms with van der Waals surface area (Å²) in [4.78, 5) is 23.7. The van der Waals surface area contributed by atoms with Crippen molar-refractivity contribution in [2.45, 2.75) is 18.9 Å². The molecule has 7 nitrogen and oxygen atoms in total. The van der Waals surface area contributed by atoms with Crippen LogP contribution in [0.2, 0.25) is 5.02 Å². The Hall–Kier alpha value is -1.80. The fourth-order valence-corrected chi connectivity index (χ4v) is 4.68. The number of carbonyl (C=O) groups is 2. The third-order valence-electron chi connectivity index (χ3n) is 3.51. The van der Waals surface area contributed by atoms with Gasteiger partial charge < -0.3 is 15.8 Å². The predicted octanol–water partition coefficient (Wildman–Crippen LogP) is 0.772. The smallest absolute Gasteiger partial charge is 0.340 e. The maximum Gasteiger partial charge on any atom is 0.340 e. The van der Waals surface area contributed by atoms with Gasteiger partial charge in [0.05, 0.1) is 22.6 Å². The van der Waals surface area contributed by atoms with Gasteiger partial charge in [-0.25, -0.2) is 13.2 Å². The number of esters is 1. The van der Waals surface area contributed by atoms with Crippen LogP contribution < -0.4 is 11.1 Å².